The molecule has 1 aromatic carbocycles. The summed E-state index contributed by atoms with van der Waals surface area (Å²) in [4.78, 5) is 15.6. The number of benzene rings is 1. The number of fused-ring (bicyclic) bond motifs is 1. The highest BCUT2D eigenvalue weighted by Gasteiger charge is 2.24. The molecule has 2 aromatic rings. The van der Waals surface area contributed by atoms with Crippen molar-refractivity contribution in [1.82, 2.24) is 10.3 Å². The zero-order valence-corrected chi connectivity index (χ0v) is 8.81. The Morgan fingerprint density at radius 1 is 1.25 bits per heavy atom. The van der Waals surface area contributed by atoms with Crippen LogP contribution in [0.25, 0.3) is 10.8 Å². The molecule has 0 radical (unpaired) electrons. The molecule has 1 aliphatic heterocycles. The summed E-state index contributed by atoms with van der Waals surface area (Å²) in [6.07, 6.45) is 3.26. The molecular formula is C13H12N2O. The lowest BCUT2D eigenvalue weighted by Gasteiger charge is -2.11. The van der Waals surface area contributed by atoms with Gasteiger partial charge < -0.3 is 5.32 Å². The van der Waals surface area contributed by atoms with Crippen molar-refractivity contribution in [3.8, 4) is 0 Å². The molecule has 0 spiro atoms. The van der Waals surface area contributed by atoms with Gasteiger partial charge in [-0.25, -0.2) is 0 Å². The molecule has 3 rings (SSSR count). The number of pyridine rings is 1. The first-order valence-electron chi connectivity index (χ1n) is 5.47. The molecule has 3 nitrogen and oxygen atoms in total. The summed E-state index contributed by atoms with van der Waals surface area (Å²) in [7, 11) is 0. The Morgan fingerprint density at radius 3 is 2.94 bits per heavy atom. The van der Waals surface area contributed by atoms with Crippen molar-refractivity contribution in [1.29, 1.82) is 0 Å². The van der Waals surface area contributed by atoms with Gasteiger partial charge in [-0.3, -0.25) is 9.78 Å². The lowest BCUT2D eigenvalue weighted by molar-refractivity contribution is -0.119. The molecule has 1 N–H and O–H groups in total. The van der Waals surface area contributed by atoms with Crippen LogP contribution in [0.15, 0.2) is 36.5 Å². The van der Waals surface area contributed by atoms with Crippen LogP contribution >= 0.6 is 0 Å². The number of carbonyl (C=O) groups is 1. The van der Waals surface area contributed by atoms with Crippen molar-refractivity contribution >= 4 is 16.7 Å². The fourth-order valence-electron chi connectivity index (χ4n) is 2.24. The van der Waals surface area contributed by atoms with E-state index in [-0.39, 0.29) is 11.9 Å². The van der Waals surface area contributed by atoms with E-state index in [1.54, 1.807) is 0 Å². The van der Waals surface area contributed by atoms with E-state index in [1.807, 2.05) is 24.4 Å². The number of nitrogens with one attached hydrogen (secondary N) is 1. The fourth-order valence-corrected chi connectivity index (χ4v) is 2.24. The second kappa shape index (κ2) is 3.59. The van der Waals surface area contributed by atoms with Crippen LogP contribution in [-0.2, 0) is 4.79 Å². The summed E-state index contributed by atoms with van der Waals surface area (Å²) in [5, 5.41) is 5.27. The summed E-state index contributed by atoms with van der Waals surface area (Å²) >= 11 is 0. The zero-order valence-electron chi connectivity index (χ0n) is 8.81. The van der Waals surface area contributed by atoms with E-state index in [2.05, 4.69) is 22.4 Å². The molecule has 0 aliphatic carbocycles. The smallest absolute Gasteiger partial charge is 0.220 e. The number of carbonyl (C=O) groups excluding carboxylic acids is 1. The minimum Gasteiger partial charge on any atom is -0.348 e. The molecule has 1 aromatic heterocycles. The normalized spacial score (nSPS) is 20.0. The van der Waals surface area contributed by atoms with Crippen LogP contribution in [0.3, 0.4) is 0 Å². The summed E-state index contributed by atoms with van der Waals surface area (Å²) in [5.74, 6) is 0.125. The molecule has 2 heterocycles. The average molecular weight is 212 g/mol. The van der Waals surface area contributed by atoms with Gasteiger partial charge in [-0.15, -0.1) is 0 Å². The molecule has 0 saturated carbocycles. The van der Waals surface area contributed by atoms with Gasteiger partial charge in [0.15, 0.2) is 0 Å². The first-order chi connectivity index (χ1) is 7.84. The Hall–Kier alpha value is -1.90. The van der Waals surface area contributed by atoms with Crippen molar-refractivity contribution in [2.75, 3.05) is 0 Å². The monoisotopic (exact) mass is 212 g/mol. The van der Waals surface area contributed by atoms with Gasteiger partial charge in [-0.05, 0) is 17.9 Å². The van der Waals surface area contributed by atoms with Crippen molar-refractivity contribution in [2.45, 2.75) is 18.9 Å². The van der Waals surface area contributed by atoms with Gasteiger partial charge in [-0.1, -0.05) is 24.3 Å². The highest BCUT2D eigenvalue weighted by molar-refractivity contribution is 5.86. The van der Waals surface area contributed by atoms with Gasteiger partial charge in [0.25, 0.3) is 0 Å². The number of hydrogen-bond acceptors (Lipinski definition) is 2. The maximum atomic E-state index is 11.2. The average Bonchev–Trinajstić information content (AvgIpc) is 2.75. The summed E-state index contributed by atoms with van der Waals surface area (Å²) in [6, 6.07) is 10.2. The van der Waals surface area contributed by atoms with Crippen molar-refractivity contribution in [3.63, 3.8) is 0 Å². The minimum absolute atomic E-state index is 0.0820. The fraction of sp³-hybridized carbons (Fsp3) is 0.231. The van der Waals surface area contributed by atoms with Crippen LogP contribution in [-0.4, -0.2) is 10.9 Å². The Balaban J connectivity index is 2.13. The predicted octanol–water partition coefficient (Wildman–Crippen LogP) is 2.19. The Kier molecular flexibility index (Phi) is 2.10. The van der Waals surface area contributed by atoms with Gasteiger partial charge in [0.2, 0.25) is 5.91 Å². The molecule has 1 fully saturated rings. The van der Waals surface area contributed by atoms with Gasteiger partial charge in [0.05, 0.1) is 11.7 Å². The predicted molar refractivity (Wildman–Crippen MR) is 61.9 cm³/mol. The van der Waals surface area contributed by atoms with E-state index in [0.717, 1.165) is 17.5 Å². The highest BCUT2D eigenvalue weighted by Crippen LogP contribution is 2.27. The zero-order chi connectivity index (χ0) is 11.0. The van der Waals surface area contributed by atoms with Gasteiger partial charge in [0, 0.05) is 18.0 Å². The molecule has 1 amide bonds. The molecular weight excluding hydrogens is 200 g/mol. The minimum atomic E-state index is 0.0820. The summed E-state index contributed by atoms with van der Waals surface area (Å²) in [5.41, 5.74) is 0.990. The lowest BCUT2D eigenvalue weighted by Crippen LogP contribution is -2.19. The lowest BCUT2D eigenvalue weighted by atomic mass is 10.0. The molecule has 1 atom stereocenters. The molecule has 0 bridgehead atoms. The van der Waals surface area contributed by atoms with Crippen LogP contribution in [0.5, 0.6) is 0 Å². The van der Waals surface area contributed by atoms with Gasteiger partial charge in [-0.2, -0.15) is 0 Å². The van der Waals surface area contributed by atoms with Crippen LogP contribution < -0.4 is 5.32 Å². The van der Waals surface area contributed by atoms with Crippen molar-refractivity contribution in [3.05, 3.63) is 42.2 Å². The van der Waals surface area contributed by atoms with Crippen LogP contribution in [0.2, 0.25) is 0 Å². The number of rotatable bonds is 1. The van der Waals surface area contributed by atoms with Crippen LogP contribution in [0.4, 0.5) is 0 Å². The maximum Gasteiger partial charge on any atom is 0.220 e. The standard InChI is InChI=1S/C13H12N2O/c16-12-6-5-11(15-12)13-10-4-2-1-3-9(10)7-8-14-13/h1-4,7-8,11H,5-6H2,(H,15,16). The van der Waals surface area contributed by atoms with E-state index in [0.29, 0.717) is 6.42 Å². The summed E-state index contributed by atoms with van der Waals surface area (Å²) in [6.45, 7) is 0. The largest absolute Gasteiger partial charge is 0.348 e. The van der Waals surface area contributed by atoms with E-state index in [1.165, 1.54) is 5.39 Å². The third kappa shape index (κ3) is 1.45. The third-order valence-corrected chi connectivity index (χ3v) is 3.03. The summed E-state index contributed by atoms with van der Waals surface area (Å²) < 4.78 is 0. The number of hydrogen-bond donors (Lipinski definition) is 1. The second-order valence-electron chi connectivity index (χ2n) is 4.08. The number of nitrogens with zero attached hydrogens (tertiary/aromatic N) is 1. The van der Waals surface area contributed by atoms with Crippen molar-refractivity contribution in [2.24, 2.45) is 0 Å². The Morgan fingerprint density at radius 2 is 2.12 bits per heavy atom. The first-order valence-corrected chi connectivity index (χ1v) is 5.47. The highest BCUT2D eigenvalue weighted by atomic mass is 16.1. The SMILES string of the molecule is O=C1CCC(c2nccc3ccccc23)N1. The molecule has 1 saturated heterocycles. The number of aromatic nitrogens is 1. The molecule has 3 heteroatoms. The first kappa shape index (κ1) is 9.33. The second-order valence-corrected chi connectivity index (χ2v) is 4.08. The Bertz CT molecular complexity index is 545. The molecule has 16 heavy (non-hydrogen) atoms. The van der Waals surface area contributed by atoms with Crippen LogP contribution in [0.1, 0.15) is 24.6 Å². The third-order valence-electron chi connectivity index (χ3n) is 3.03. The number of amides is 1. The van der Waals surface area contributed by atoms with Crippen LogP contribution in [0, 0.1) is 0 Å². The molecule has 80 valence electrons. The molecule has 1 unspecified atom stereocenters. The van der Waals surface area contributed by atoms with Gasteiger partial charge in [0.1, 0.15) is 0 Å². The van der Waals surface area contributed by atoms with Gasteiger partial charge >= 0.3 is 0 Å². The van der Waals surface area contributed by atoms with E-state index < -0.39 is 0 Å². The van der Waals surface area contributed by atoms with E-state index in [4.69, 9.17) is 0 Å². The maximum absolute atomic E-state index is 11.2. The Labute approximate surface area is 93.5 Å². The topological polar surface area (TPSA) is 42.0 Å². The van der Waals surface area contributed by atoms with E-state index in [9.17, 15) is 4.79 Å². The van der Waals surface area contributed by atoms with E-state index >= 15 is 0 Å². The molecule has 1 aliphatic rings. The quantitative estimate of drug-likeness (QED) is 0.787. The van der Waals surface area contributed by atoms with Crippen molar-refractivity contribution < 1.29 is 4.79 Å².